The molecule has 28 heavy (non-hydrogen) atoms. The van der Waals surface area contributed by atoms with E-state index in [1.807, 2.05) is 43.1 Å². The molecule has 0 spiro atoms. The minimum absolute atomic E-state index is 0.232. The maximum Gasteiger partial charge on any atom is 0.270 e. The zero-order valence-corrected chi connectivity index (χ0v) is 16.6. The third kappa shape index (κ3) is 5.50. The number of nitrogens with zero attached hydrogens (tertiary/aromatic N) is 4. The van der Waals surface area contributed by atoms with Crippen LogP contribution in [0, 0.1) is 6.92 Å². The predicted molar refractivity (Wildman–Crippen MR) is 111 cm³/mol. The highest BCUT2D eigenvalue weighted by Gasteiger charge is 2.13. The second-order valence-corrected chi connectivity index (χ2v) is 6.97. The fourth-order valence-corrected chi connectivity index (χ4v) is 2.79. The highest BCUT2D eigenvalue weighted by Crippen LogP contribution is 2.12. The molecule has 0 radical (unpaired) electrons. The number of pyridine rings is 1. The molecule has 0 atom stereocenters. The van der Waals surface area contributed by atoms with Gasteiger partial charge >= 0.3 is 0 Å². The average Bonchev–Trinajstić information content (AvgIpc) is 2.71. The van der Waals surface area contributed by atoms with Crippen molar-refractivity contribution in [2.45, 2.75) is 19.9 Å². The Labute approximate surface area is 169 Å². The molecule has 7 heteroatoms. The van der Waals surface area contributed by atoms with Crippen molar-refractivity contribution in [3.05, 3.63) is 82.4 Å². The van der Waals surface area contributed by atoms with Gasteiger partial charge in [0.15, 0.2) is 0 Å². The minimum atomic E-state index is -0.232. The normalized spacial score (nSPS) is 10.5. The summed E-state index contributed by atoms with van der Waals surface area (Å²) in [7, 11) is 1.92. The Morgan fingerprint density at radius 2 is 1.79 bits per heavy atom. The molecule has 0 bridgehead atoms. The molecule has 0 aliphatic carbocycles. The van der Waals surface area contributed by atoms with E-state index < -0.39 is 0 Å². The van der Waals surface area contributed by atoms with Gasteiger partial charge in [-0.1, -0.05) is 23.7 Å². The van der Waals surface area contributed by atoms with Crippen molar-refractivity contribution < 1.29 is 4.79 Å². The van der Waals surface area contributed by atoms with Gasteiger partial charge in [0.25, 0.3) is 5.91 Å². The maximum atomic E-state index is 12.5. The molecule has 0 aliphatic heterocycles. The second kappa shape index (κ2) is 9.28. The van der Waals surface area contributed by atoms with Crippen molar-refractivity contribution in [1.29, 1.82) is 0 Å². The summed E-state index contributed by atoms with van der Waals surface area (Å²) in [4.78, 5) is 27.4. The number of benzene rings is 1. The molecule has 6 nitrogen and oxygen atoms in total. The van der Waals surface area contributed by atoms with Crippen molar-refractivity contribution >= 4 is 23.5 Å². The molecular formula is C21H22ClN5O. The Balaban J connectivity index is 1.64. The second-order valence-electron chi connectivity index (χ2n) is 6.53. The number of aromatic nitrogens is 3. The fraction of sp³-hybridized carbons (Fsp3) is 0.238. The van der Waals surface area contributed by atoms with E-state index in [-0.39, 0.29) is 5.91 Å². The molecule has 0 unspecified atom stereocenters. The third-order valence-electron chi connectivity index (χ3n) is 4.27. The number of nitrogens with one attached hydrogen (secondary N) is 1. The number of aryl methyl sites for hydroxylation is 1. The number of likely N-dealkylation sites (N-methyl/N-ethyl adjacent to an activating group) is 1. The van der Waals surface area contributed by atoms with E-state index in [0.29, 0.717) is 23.2 Å². The summed E-state index contributed by atoms with van der Waals surface area (Å²) < 4.78 is 0. The van der Waals surface area contributed by atoms with E-state index in [1.54, 1.807) is 30.6 Å². The number of hydrogen-bond donors (Lipinski definition) is 1. The minimum Gasteiger partial charge on any atom is -0.347 e. The van der Waals surface area contributed by atoms with E-state index in [4.69, 9.17) is 11.6 Å². The van der Waals surface area contributed by atoms with Crippen LogP contribution < -0.4 is 10.2 Å². The Bertz CT molecular complexity index is 931. The average molecular weight is 396 g/mol. The molecule has 0 fully saturated rings. The largest absolute Gasteiger partial charge is 0.347 e. The molecular weight excluding hydrogens is 374 g/mol. The van der Waals surface area contributed by atoms with Gasteiger partial charge in [0.1, 0.15) is 5.69 Å². The Morgan fingerprint density at radius 1 is 1.07 bits per heavy atom. The zero-order valence-electron chi connectivity index (χ0n) is 15.9. The highest BCUT2D eigenvalue weighted by atomic mass is 35.5. The van der Waals surface area contributed by atoms with Crippen LogP contribution in [-0.4, -0.2) is 34.5 Å². The van der Waals surface area contributed by atoms with Gasteiger partial charge in [-0.2, -0.15) is 0 Å². The Kier molecular flexibility index (Phi) is 6.55. The smallest absolute Gasteiger partial charge is 0.270 e. The van der Waals surface area contributed by atoms with Crippen molar-refractivity contribution in [2.75, 3.05) is 18.5 Å². The standard InChI is InChI=1S/C21H22ClN5O/c1-15-13-19(20(28)24-14-17-3-5-18(22)6-4-17)26-21(25-15)27(2)12-9-16-7-10-23-11-8-16/h3-8,10-11,13H,9,12,14H2,1-2H3,(H,24,28). The van der Waals surface area contributed by atoms with Crippen molar-refractivity contribution in [3.63, 3.8) is 0 Å². The molecule has 1 aromatic carbocycles. The SMILES string of the molecule is Cc1cc(C(=O)NCc2ccc(Cl)cc2)nc(N(C)CCc2ccncc2)n1. The lowest BCUT2D eigenvalue weighted by atomic mass is 10.2. The van der Waals surface area contributed by atoms with E-state index in [9.17, 15) is 4.79 Å². The van der Waals surface area contributed by atoms with Crippen LogP contribution in [0.3, 0.4) is 0 Å². The molecule has 0 saturated heterocycles. The summed E-state index contributed by atoms with van der Waals surface area (Å²) >= 11 is 5.89. The van der Waals surface area contributed by atoms with Crippen molar-refractivity contribution in [2.24, 2.45) is 0 Å². The van der Waals surface area contributed by atoms with Gasteiger partial charge in [0, 0.05) is 43.2 Å². The van der Waals surface area contributed by atoms with Gasteiger partial charge < -0.3 is 10.2 Å². The number of carbonyl (C=O) groups is 1. The molecule has 2 heterocycles. The first-order chi connectivity index (χ1) is 13.5. The Hall–Kier alpha value is -2.99. The summed E-state index contributed by atoms with van der Waals surface area (Å²) in [6.45, 7) is 3.00. The predicted octanol–water partition coefficient (Wildman–Crippen LogP) is 3.44. The van der Waals surface area contributed by atoms with E-state index in [0.717, 1.165) is 24.2 Å². The topological polar surface area (TPSA) is 71.0 Å². The lowest BCUT2D eigenvalue weighted by Crippen LogP contribution is -2.27. The number of rotatable bonds is 7. The molecule has 0 saturated carbocycles. The van der Waals surface area contributed by atoms with Gasteiger partial charge in [-0.15, -0.1) is 0 Å². The summed E-state index contributed by atoms with van der Waals surface area (Å²) in [5.74, 6) is 0.301. The molecule has 1 N–H and O–H groups in total. The molecule has 1 amide bonds. The molecule has 3 aromatic rings. The summed E-state index contributed by atoms with van der Waals surface area (Å²) in [5.41, 5.74) is 3.26. The first-order valence-electron chi connectivity index (χ1n) is 8.99. The van der Waals surface area contributed by atoms with E-state index in [2.05, 4.69) is 20.3 Å². The zero-order chi connectivity index (χ0) is 19.9. The molecule has 0 aliphatic rings. The number of hydrogen-bond acceptors (Lipinski definition) is 5. The fourth-order valence-electron chi connectivity index (χ4n) is 2.66. The first kappa shape index (κ1) is 19.8. The first-order valence-corrected chi connectivity index (χ1v) is 9.37. The van der Waals surface area contributed by atoms with E-state index >= 15 is 0 Å². The number of halogens is 1. The number of amides is 1. The summed E-state index contributed by atoms with van der Waals surface area (Å²) in [6.07, 6.45) is 4.40. The van der Waals surface area contributed by atoms with Gasteiger partial charge in [-0.25, -0.2) is 9.97 Å². The van der Waals surface area contributed by atoms with Gasteiger partial charge in [-0.05, 0) is 54.8 Å². The van der Waals surface area contributed by atoms with Gasteiger partial charge in [0.2, 0.25) is 5.95 Å². The van der Waals surface area contributed by atoms with Crippen LogP contribution >= 0.6 is 11.6 Å². The van der Waals surface area contributed by atoms with Crippen LogP contribution in [0.15, 0.2) is 54.9 Å². The van der Waals surface area contributed by atoms with Crippen LogP contribution in [0.2, 0.25) is 5.02 Å². The van der Waals surface area contributed by atoms with Crippen LogP contribution in [0.5, 0.6) is 0 Å². The number of anilines is 1. The number of carbonyl (C=O) groups excluding carboxylic acids is 1. The van der Waals surface area contributed by atoms with Crippen LogP contribution in [0.1, 0.15) is 27.3 Å². The monoisotopic (exact) mass is 395 g/mol. The lowest BCUT2D eigenvalue weighted by molar-refractivity contribution is 0.0945. The quantitative estimate of drug-likeness (QED) is 0.663. The molecule has 144 valence electrons. The van der Waals surface area contributed by atoms with E-state index in [1.165, 1.54) is 5.56 Å². The highest BCUT2D eigenvalue weighted by molar-refractivity contribution is 6.30. The summed E-state index contributed by atoms with van der Waals surface area (Å²) in [6, 6.07) is 13.0. The maximum absolute atomic E-state index is 12.5. The molecule has 2 aromatic heterocycles. The lowest BCUT2D eigenvalue weighted by Gasteiger charge is -2.18. The third-order valence-corrected chi connectivity index (χ3v) is 4.52. The molecule has 3 rings (SSSR count). The Morgan fingerprint density at radius 3 is 2.50 bits per heavy atom. The van der Waals surface area contributed by atoms with Crippen LogP contribution in [-0.2, 0) is 13.0 Å². The van der Waals surface area contributed by atoms with Crippen molar-refractivity contribution in [3.8, 4) is 0 Å². The van der Waals surface area contributed by atoms with Crippen molar-refractivity contribution in [1.82, 2.24) is 20.3 Å². The summed E-state index contributed by atoms with van der Waals surface area (Å²) in [5, 5.41) is 3.56. The van der Waals surface area contributed by atoms with Gasteiger partial charge in [0.05, 0.1) is 0 Å². The van der Waals surface area contributed by atoms with Crippen LogP contribution in [0.25, 0.3) is 0 Å². The van der Waals surface area contributed by atoms with Crippen LogP contribution in [0.4, 0.5) is 5.95 Å². The van der Waals surface area contributed by atoms with Gasteiger partial charge in [-0.3, -0.25) is 9.78 Å².